The summed E-state index contributed by atoms with van der Waals surface area (Å²) in [6.07, 6.45) is 6.28. The van der Waals surface area contributed by atoms with Crippen LogP contribution in [0, 0.1) is 6.92 Å². The maximum absolute atomic E-state index is 4.34. The summed E-state index contributed by atoms with van der Waals surface area (Å²) in [6.45, 7) is 5.95. The Kier molecular flexibility index (Phi) is 4.46. The van der Waals surface area contributed by atoms with Gasteiger partial charge in [0.25, 0.3) is 0 Å². The summed E-state index contributed by atoms with van der Waals surface area (Å²) >= 11 is 0. The van der Waals surface area contributed by atoms with Crippen LogP contribution >= 0.6 is 0 Å². The molecule has 0 saturated carbocycles. The van der Waals surface area contributed by atoms with Gasteiger partial charge >= 0.3 is 0 Å². The summed E-state index contributed by atoms with van der Waals surface area (Å²) in [5, 5.41) is 3.41. The number of nitrogens with one attached hydrogen (secondary N) is 1. The molecular weight excluding hydrogens is 260 g/mol. The van der Waals surface area contributed by atoms with Gasteiger partial charge in [-0.1, -0.05) is 12.1 Å². The van der Waals surface area contributed by atoms with E-state index in [1.165, 1.54) is 37.2 Å². The molecule has 110 valence electrons. The molecule has 3 rings (SSSR count). The normalized spacial score (nSPS) is 14.6. The molecule has 1 aromatic heterocycles. The number of hydrogen-bond donors (Lipinski definition) is 1. The van der Waals surface area contributed by atoms with Crippen molar-refractivity contribution in [1.29, 1.82) is 0 Å². The van der Waals surface area contributed by atoms with Crippen LogP contribution in [-0.4, -0.2) is 23.1 Å². The maximum Gasteiger partial charge on any atom is 0.0724 e. The molecular formula is C17H22N4. The van der Waals surface area contributed by atoms with Crippen LogP contribution < -0.4 is 10.2 Å². The first-order valence-corrected chi connectivity index (χ1v) is 7.63. The molecule has 1 aliphatic rings. The zero-order valence-corrected chi connectivity index (χ0v) is 12.5. The van der Waals surface area contributed by atoms with Gasteiger partial charge in [-0.05, 0) is 37.5 Å². The van der Waals surface area contributed by atoms with Crippen molar-refractivity contribution in [1.82, 2.24) is 15.3 Å². The second-order valence-electron chi connectivity index (χ2n) is 5.61. The molecule has 1 fully saturated rings. The minimum Gasteiger partial charge on any atom is -0.372 e. The Bertz CT molecular complexity index is 556. The van der Waals surface area contributed by atoms with E-state index in [0.717, 1.165) is 24.5 Å². The van der Waals surface area contributed by atoms with Gasteiger partial charge in [0.05, 0.1) is 11.4 Å². The van der Waals surface area contributed by atoms with Gasteiger partial charge in [0.2, 0.25) is 0 Å². The number of aromatic nitrogens is 2. The maximum atomic E-state index is 4.34. The highest BCUT2D eigenvalue weighted by atomic mass is 15.1. The zero-order chi connectivity index (χ0) is 14.5. The average Bonchev–Trinajstić information content (AvgIpc) is 3.04. The van der Waals surface area contributed by atoms with Crippen molar-refractivity contribution >= 4 is 5.69 Å². The summed E-state index contributed by atoms with van der Waals surface area (Å²) < 4.78 is 0. The van der Waals surface area contributed by atoms with Crippen molar-refractivity contribution in [3.8, 4) is 0 Å². The minimum absolute atomic E-state index is 0.751. The summed E-state index contributed by atoms with van der Waals surface area (Å²) in [4.78, 5) is 11.1. The third-order valence-electron chi connectivity index (χ3n) is 3.88. The molecule has 21 heavy (non-hydrogen) atoms. The first-order valence-electron chi connectivity index (χ1n) is 7.63. The van der Waals surface area contributed by atoms with E-state index in [0.29, 0.717) is 0 Å². The third kappa shape index (κ3) is 3.79. The smallest absolute Gasteiger partial charge is 0.0724 e. The van der Waals surface area contributed by atoms with Crippen LogP contribution in [0.1, 0.15) is 29.8 Å². The molecule has 0 spiro atoms. The van der Waals surface area contributed by atoms with E-state index in [4.69, 9.17) is 0 Å². The molecule has 0 bridgehead atoms. The number of anilines is 1. The fourth-order valence-electron chi connectivity index (χ4n) is 2.65. The van der Waals surface area contributed by atoms with Gasteiger partial charge in [0.1, 0.15) is 0 Å². The van der Waals surface area contributed by atoms with E-state index in [-0.39, 0.29) is 0 Å². The molecule has 1 saturated heterocycles. The van der Waals surface area contributed by atoms with Gasteiger partial charge in [0, 0.05) is 44.3 Å². The highest BCUT2D eigenvalue weighted by Crippen LogP contribution is 2.20. The van der Waals surface area contributed by atoms with Crippen LogP contribution in [0.3, 0.4) is 0 Å². The van der Waals surface area contributed by atoms with E-state index in [1.54, 1.807) is 0 Å². The van der Waals surface area contributed by atoms with Crippen LogP contribution in [-0.2, 0) is 13.1 Å². The van der Waals surface area contributed by atoms with Gasteiger partial charge in [-0.3, -0.25) is 9.97 Å². The first-order chi connectivity index (χ1) is 10.3. The fraction of sp³-hybridized carbons (Fsp3) is 0.412. The van der Waals surface area contributed by atoms with Crippen molar-refractivity contribution < 1.29 is 0 Å². The van der Waals surface area contributed by atoms with Crippen LogP contribution in [0.4, 0.5) is 5.69 Å². The molecule has 2 aromatic rings. The molecule has 0 unspecified atom stereocenters. The van der Waals surface area contributed by atoms with Crippen LogP contribution in [0.15, 0.2) is 36.7 Å². The fourth-order valence-corrected chi connectivity index (χ4v) is 2.65. The molecule has 1 N–H and O–H groups in total. The van der Waals surface area contributed by atoms with E-state index >= 15 is 0 Å². The van der Waals surface area contributed by atoms with Gasteiger partial charge in [-0.2, -0.15) is 0 Å². The topological polar surface area (TPSA) is 41.1 Å². The van der Waals surface area contributed by atoms with Gasteiger partial charge in [-0.25, -0.2) is 0 Å². The molecule has 0 amide bonds. The Balaban J connectivity index is 1.50. The average molecular weight is 282 g/mol. The monoisotopic (exact) mass is 282 g/mol. The van der Waals surface area contributed by atoms with E-state index in [1.807, 2.05) is 19.3 Å². The van der Waals surface area contributed by atoms with E-state index < -0.39 is 0 Å². The third-order valence-corrected chi connectivity index (χ3v) is 3.88. The molecule has 0 aliphatic carbocycles. The van der Waals surface area contributed by atoms with E-state index in [9.17, 15) is 0 Å². The van der Waals surface area contributed by atoms with E-state index in [2.05, 4.69) is 44.5 Å². The van der Waals surface area contributed by atoms with Crippen molar-refractivity contribution in [3.63, 3.8) is 0 Å². The molecule has 4 nitrogen and oxygen atoms in total. The van der Waals surface area contributed by atoms with Crippen LogP contribution in [0.25, 0.3) is 0 Å². The molecule has 0 atom stereocenters. The van der Waals surface area contributed by atoms with Crippen molar-refractivity contribution in [2.75, 3.05) is 18.0 Å². The lowest BCUT2D eigenvalue weighted by Gasteiger charge is -2.17. The number of hydrogen-bond acceptors (Lipinski definition) is 4. The minimum atomic E-state index is 0.751. The highest BCUT2D eigenvalue weighted by Gasteiger charge is 2.11. The number of rotatable bonds is 5. The van der Waals surface area contributed by atoms with Crippen LogP contribution in [0.2, 0.25) is 0 Å². The van der Waals surface area contributed by atoms with Gasteiger partial charge in [-0.15, -0.1) is 0 Å². The Morgan fingerprint density at radius 2 is 1.76 bits per heavy atom. The Labute approximate surface area is 126 Å². The number of benzene rings is 1. The molecule has 2 heterocycles. The summed E-state index contributed by atoms with van der Waals surface area (Å²) in [5.41, 5.74) is 4.59. The Morgan fingerprint density at radius 1 is 1.00 bits per heavy atom. The largest absolute Gasteiger partial charge is 0.372 e. The molecule has 1 aromatic carbocycles. The standard InChI is InChI=1S/C17H22N4/c1-14-10-20-16(13-19-14)12-18-11-15-4-6-17(7-5-15)21-8-2-3-9-21/h4-7,10,13,18H,2-3,8-9,11-12H2,1H3. The summed E-state index contributed by atoms with van der Waals surface area (Å²) in [6, 6.07) is 8.88. The highest BCUT2D eigenvalue weighted by molar-refractivity contribution is 5.48. The SMILES string of the molecule is Cc1cnc(CNCc2ccc(N3CCCC3)cc2)cn1. The van der Waals surface area contributed by atoms with Crippen molar-refractivity contribution in [2.45, 2.75) is 32.9 Å². The molecule has 4 heteroatoms. The van der Waals surface area contributed by atoms with Gasteiger partial charge < -0.3 is 10.2 Å². The Hall–Kier alpha value is -1.94. The lowest BCUT2D eigenvalue weighted by atomic mass is 10.2. The zero-order valence-electron chi connectivity index (χ0n) is 12.5. The summed E-state index contributed by atoms with van der Waals surface area (Å²) in [5.74, 6) is 0. The molecule has 0 radical (unpaired) electrons. The van der Waals surface area contributed by atoms with Crippen molar-refractivity contribution in [3.05, 3.63) is 53.6 Å². The number of nitrogens with zero attached hydrogens (tertiary/aromatic N) is 3. The van der Waals surface area contributed by atoms with Crippen LogP contribution in [0.5, 0.6) is 0 Å². The first kappa shape index (κ1) is 14.0. The second kappa shape index (κ2) is 6.68. The summed E-state index contributed by atoms with van der Waals surface area (Å²) in [7, 11) is 0. The lowest BCUT2D eigenvalue weighted by molar-refractivity contribution is 0.676. The quantitative estimate of drug-likeness (QED) is 0.915. The lowest BCUT2D eigenvalue weighted by Crippen LogP contribution is -2.17. The predicted octanol–water partition coefficient (Wildman–Crippen LogP) is 2.68. The second-order valence-corrected chi connectivity index (χ2v) is 5.61. The van der Waals surface area contributed by atoms with Gasteiger partial charge in [0.15, 0.2) is 0 Å². The number of aryl methyl sites for hydroxylation is 1. The molecule has 1 aliphatic heterocycles. The van der Waals surface area contributed by atoms with Crippen molar-refractivity contribution in [2.24, 2.45) is 0 Å². The predicted molar refractivity (Wildman–Crippen MR) is 85.2 cm³/mol. The Morgan fingerprint density at radius 3 is 2.43 bits per heavy atom.